The van der Waals surface area contributed by atoms with Crippen LogP contribution in [0.3, 0.4) is 0 Å². The van der Waals surface area contributed by atoms with Crippen molar-refractivity contribution in [2.75, 3.05) is 5.32 Å². The van der Waals surface area contributed by atoms with E-state index >= 15 is 0 Å². The van der Waals surface area contributed by atoms with Gasteiger partial charge in [-0.2, -0.15) is 0 Å². The van der Waals surface area contributed by atoms with Gasteiger partial charge in [-0.3, -0.25) is 4.79 Å². The number of anilines is 1. The quantitative estimate of drug-likeness (QED) is 0.459. The van der Waals surface area contributed by atoms with Gasteiger partial charge in [0.1, 0.15) is 16.0 Å². The minimum Gasteiger partial charge on any atom is -0.422 e. The second-order valence-corrected chi connectivity index (χ2v) is 8.94. The Morgan fingerprint density at radius 1 is 1.19 bits per heavy atom. The summed E-state index contributed by atoms with van der Waals surface area (Å²) >= 11 is 3.03. The van der Waals surface area contributed by atoms with Crippen LogP contribution in [0.5, 0.6) is 0 Å². The second-order valence-electron chi connectivity index (χ2n) is 7.09. The maximum Gasteiger partial charge on any atom is 0.347 e. The number of fused-ring (bicyclic) bond motifs is 4. The van der Waals surface area contributed by atoms with Crippen LogP contribution in [0, 0.1) is 5.92 Å². The summed E-state index contributed by atoms with van der Waals surface area (Å²) in [5, 5.41) is 9.53. The van der Waals surface area contributed by atoms with Crippen molar-refractivity contribution < 1.29 is 9.21 Å². The molecule has 4 nitrogen and oxygen atoms in total. The molecule has 1 aliphatic rings. The first-order valence-electron chi connectivity index (χ1n) is 8.95. The first-order chi connectivity index (χ1) is 13.1. The third-order valence-corrected chi connectivity index (χ3v) is 7.20. The van der Waals surface area contributed by atoms with E-state index in [2.05, 4.69) is 12.2 Å². The number of hydrogen-bond acceptors (Lipinski definition) is 5. The van der Waals surface area contributed by atoms with E-state index < -0.39 is 5.63 Å². The average molecular weight is 396 g/mol. The van der Waals surface area contributed by atoms with Crippen LogP contribution in [0.25, 0.3) is 21.7 Å². The van der Waals surface area contributed by atoms with Gasteiger partial charge in [0, 0.05) is 26.4 Å². The zero-order chi connectivity index (χ0) is 18.5. The van der Waals surface area contributed by atoms with Gasteiger partial charge in [0.05, 0.1) is 5.56 Å². The van der Waals surface area contributed by atoms with Crippen LogP contribution >= 0.6 is 22.7 Å². The molecule has 0 saturated heterocycles. The molecule has 0 radical (unpaired) electrons. The van der Waals surface area contributed by atoms with Gasteiger partial charge in [0.2, 0.25) is 0 Å². The molecule has 3 aromatic heterocycles. The van der Waals surface area contributed by atoms with E-state index in [-0.39, 0.29) is 5.91 Å². The summed E-state index contributed by atoms with van der Waals surface area (Å²) in [5.74, 6) is 0.532. The molecule has 4 aromatic rings. The minimum absolute atomic E-state index is 0.140. The Kier molecular flexibility index (Phi) is 3.91. The lowest BCUT2D eigenvalue weighted by molar-refractivity contribution is 0.102. The molecule has 0 spiro atoms. The highest BCUT2D eigenvalue weighted by molar-refractivity contribution is 7.16. The van der Waals surface area contributed by atoms with Crippen molar-refractivity contribution in [1.82, 2.24) is 0 Å². The lowest BCUT2D eigenvalue weighted by Gasteiger charge is -2.18. The Balaban J connectivity index is 1.55. The van der Waals surface area contributed by atoms with Crippen LogP contribution in [0.2, 0.25) is 0 Å². The number of carbonyl (C=O) groups excluding carboxylic acids is 1. The van der Waals surface area contributed by atoms with E-state index in [1.165, 1.54) is 21.8 Å². The SMILES string of the molecule is C[C@@H]1CCc2c(C(=O)Nc3scc4c3c(=O)oc3ccccc34)csc2C1. The third kappa shape index (κ3) is 2.71. The fraction of sp³-hybridized carbons (Fsp3) is 0.238. The van der Waals surface area contributed by atoms with Gasteiger partial charge in [-0.05, 0) is 36.8 Å². The Morgan fingerprint density at radius 3 is 2.93 bits per heavy atom. The molecule has 0 saturated carbocycles. The number of rotatable bonds is 2. The van der Waals surface area contributed by atoms with E-state index in [0.717, 1.165) is 35.6 Å². The van der Waals surface area contributed by atoms with E-state index in [1.54, 1.807) is 17.4 Å². The van der Waals surface area contributed by atoms with E-state index in [4.69, 9.17) is 4.42 Å². The molecular formula is C21H17NO3S2. The van der Waals surface area contributed by atoms with Crippen molar-refractivity contribution in [2.45, 2.75) is 26.2 Å². The molecule has 3 heterocycles. The van der Waals surface area contributed by atoms with Crippen molar-refractivity contribution in [3.63, 3.8) is 0 Å². The number of benzene rings is 1. The topological polar surface area (TPSA) is 59.3 Å². The molecule has 0 fully saturated rings. The summed E-state index contributed by atoms with van der Waals surface area (Å²) < 4.78 is 5.45. The standard InChI is InChI=1S/C21H17NO3S2/c1-11-6-7-13-15(10-26-17(13)8-11)19(23)22-20-18-14(9-27-20)12-4-2-3-5-16(12)25-21(18)24/h2-5,9-11H,6-8H2,1H3,(H,22,23)/t11-/m1/s1. The number of thiophene rings is 2. The molecule has 1 N–H and O–H groups in total. The van der Waals surface area contributed by atoms with Crippen LogP contribution in [-0.2, 0) is 12.8 Å². The fourth-order valence-electron chi connectivity index (χ4n) is 3.82. The van der Waals surface area contributed by atoms with Crippen molar-refractivity contribution in [2.24, 2.45) is 5.92 Å². The number of nitrogens with one attached hydrogen (secondary N) is 1. The van der Waals surface area contributed by atoms with E-state index in [9.17, 15) is 9.59 Å². The van der Waals surface area contributed by atoms with E-state index in [0.29, 0.717) is 21.9 Å². The lowest BCUT2D eigenvalue weighted by Crippen LogP contribution is -2.16. The largest absolute Gasteiger partial charge is 0.422 e. The fourth-order valence-corrected chi connectivity index (χ4v) is 6.01. The highest BCUT2D eigenvalue weighted by Crippen LogP contribution is 2.36. The first kappa shape index (κ1) is 16.7. The van der Waals surface area contributed by atoms with Gasteiger partial charge in [-0.1, -0.05) is 25.1 Å². The third-order valence-electron chi connectivity index (χ3n) is 5.25. The zero-order valence-electron chi connectivity index (χ0n) is 14.7. The summed E-state index contributed by atoms with van der Waals surface area (Å²) in [6, 6.07) is 7.46. The molecule has 27 heavy (non-hydrogen) atoms. The van der Waals surface area contributed by atoms with Gasteiger partial charge in [0.15, 0.2) is 0 Å². The summed E-state index contributed by atoms with van der Waals surface area (Å²) in [6.45, 7) is 2.25. The molecule has 0 bridgehead atoms. The van der Waals surface area contributed by atoms with Gasteiger partial charge in [0.25, 0.3) is 5.91 Å². The predicted octanol–water partition coefficient (Wildman–Crippen LogP) is 5.45. The van der Waals surface area contributed by atoms with E-state index in [1.807, 2.05) is 29.0 Å². The van der Waals surface area contributed by atoms with Crippen molar-refractivity contribution in [1.29, 1.82) is 0 Å². The van der Waals surface area contributed by atoms with Crippen LogP contribution in [0.1, 0.15) is 34.1 Å². The van der Waals surface area contributed by atoms with Crippen molar-refractivity contribution in [3.05, 3.63) is 61.4 Å². The normalized spacial score (nSPS) is 16.6. The Labute approximate surface area is 163 Å². The summed E-state index contributed by atoms with van der Waals surface area (Å²) in [7, 11) is 0. The van der Waals surface area contributed by atoms with Crippen LogP contribution in [-0.4, -0.2) is 5.91 Å². The monoisotopic (exact) mass is 395 g/mol. The Bertz CT molecular complexity index is 1250. The van der Waals surface area contributed by atoms with Gasteiger partial charge in [-0.15, -0.1) is 22.7 Å². The average Bonchev–Trinajstić information content (AvgIpc) is 3.26. The highest BCUT2D eigenvalue weighted by atomic mass is 32.1. The lowest BCUT2D eigenvalue weighted by atomic mass is 9.88. The smallest absolute Gasteiger partial charge is 0.347 e. The van der Waals surface area contributed by atoms with Crippen LogP contribution in [0.4, 0.5) is 5.00 Å². The van der Waals surface area contributed by atoms with Gasteiger partial charge >= 0.3 is 5.63 Å². The molecule has 1 aromatic carbocycles. The maximum atomic E-state index is 12.9. The molecule has 6 heteroatoms. The number of amides is 1. The molecular weight excluding hydrogens is 378 g/mol. The number of carbonyl (C=O) groups is 1. The Hall–Kier alpha value is -2.44. The second kappa shape index (κ2) is 6.32. The number of hydrogen-bond donors (Lipinski definition) is 1. The molecule has 1 atom stereocenters. The molecule has 1 aliphatic carbocycles. The van der Waals surface area contributed by atoms with Crippen molar-refractivity contribution in [3.8, 4) is 0 Å². The van der Waals surface area contributed by atoms with Crippen LogP contribution < -0.4 is 10.9 Å². The van der Waals surface area contributed by atoms with Gasteiger partial charge in [-0.25, -0.2) is 4.79 Å². The maximum absolute atomic E-state index is 12.9. The minimum atomic E-state index is -0.415. The predicted molar refractivity (Wildman–Crippen MR) is 111 cm³/mol. The summed E-state index contributed by atoms with van der Waals surface area (Å²) in [5.41, 5.74) is 2.07. The van der Waals surface area contributed by atoms with Crippen molar-refractivity contribution >= 4 is 55.3 Å². The highest BCUT2D eigenvalue weighted by Gasteiger charge is 2.24. The molecule has 5 rings (SSSR count). The molecule has 1 amide bonds. The first-order valence-corrected chi connectivity index (χ1v) is 10.7. The van der Waals surface area contributed by atoms with Crippen LogP contribution in [0.15, 0.2) is 44.2 Å². The molecule has 136 valence electrons. The summed E-state index contributed by atoms with van der Waals surface area (Å²) in [6.07, 6.45) is 3.10. The zero-order valence-corrected chi connectivity index (χ0v) is 16.3. The molecule has 0 unspecified atom stereocenters. The molecule has 0 aliphatic heterocycles. The number of para-hydroxylation sites is 1. The Morgan fingerprint density at radius 2 is 2.04 bits per heavy atom. The summed E-state index contributed by atoms with van der Waals surface area (Å²) in [4.78, 5) is 26.7. The van der Waals surface area contributed by atoms with Gasteiger partial charge < -0.3 is 9.73 Å².